The molecule has 0 bridgehead atoms. The summed E-state index contributed by atoms with van der Waals surface area (Å²) in [5.41, 5.74) is 0.538. The Hall–Kier alpha value is -1.39. The number of ether oxygens (including phenoxy) is 1. The molecule has 0 aromatic heterocycles. The van der Waals surface area contributed by atoms with Crippen LogP contribution in [0.1, 0.15) is 10.4 Å². The molecule has 2 rings (SSSR count). The summed E-state index contributed by atoms with van der Waals surface area (Å²) in [4.78, 5) is 11.9. The zero-order valence-electron chi connectivity index (χ0n) is 9.70. The molecule has 2 nitrogen and oxygen atoms in total. The Bertz CT molecular complexity index is 616. The number of halogens is 3. The van der Waals surface area contributed by atoms with Crippen molar-refractivity contribution in [2.24, 2.45) is 0 Å². The smallest absolute Gasteiger partial charge is 0.201 e. The van der Waals surface area contributed by atoms with E-state index in [9.17, 15) is 9.18 Å². The molecule has 0 amide bonds. The summed E-state index contributed by atoms with van der Waals surface area (Å²) >= 11 is 8.92. The molecule has 19 heavy (non-hydrogen) atoms. The summed E-state index contributed by atoms with van der Waals surface area (Å²) in [6.07, 6.45) is 0. The highest BCUT2D eigenvalue weighted by Gasteiger charge is 2.10. The average Bonchev–Trinajstić information content (AvgIpc) is 2.40. The van der Waals surface area contributed by atoms with Crippen LogP contribution in [-0.4, -0.2) is 12.4 Å². The van der Waals surface area contributed by atoms with E-state index in [0.29, 0.717) is 15.8 Å². The van der Waals surface area contributed by atoms with E-state index in [1.807, 2.05) is 6.07 Å². The van der Waals surface area contributed by atoms with Gasteiger partial charge in [-0.05, 0) is 18.2 Å². The highest BCUT2D eigenvalue weighted by atomic mass is 79.9. The Kier molecular flexibility index (Phi) is 4.56. The van der Waals surface area contributed by atoms with Crippen LogP contribution >= 0.6 is 27.5 Å². The average molecular weight is 344 g/mol. The summed E-state index contributed by atoms with van der Waals surface area (Å²) in [6, 6.07) is 11.0. The van der Waals surface area contributed by atoms with Crippen LogP contribution in [0.5, 0.6) is 5.75 Å². The van der Waals surface area contributed by atoms with Crippen LogP contribution in [-0.2, 0) is 0 Å². The first-order valence-electron chi connectivity index (χ1n) is 5.43. The number of ketones is 1. The van der Waals surface area contributed by atoms with Crippen molar-refractivity contribution in [1.29, 1.82) is 0 Å². The van der Waals surface area contributed by atoms with Gasteiger partial charge in [-0.25, -0.2) is 4.39 Å². The quantitative estimate of drug-likeness (QED) is 0.764. The molecule has 0 heterocycles. The van der Waals surface area contributed by atoms with Gasteiger partial charge >= 0.3 is 0 Å². The largest absolute Gasteiger partial charge is 0.485 e. The third-order valence-electron chi connectivity index (χ3n) is 2.44. The summed E-state index contributed by atoms with van der Waals surface area (Å²) in [7, 11) is 0. The Morgan fingerprint density at radius 3 is 2.68 bits per heavy atom. The molecule has 0 fully saturated rings. The van der Waals surface area contributed by atoms with Crippen molar-refractivity contribution in [3.05, 3.63) is 63.3 Å². The Morgan fingerprint density at radius 2 is 2.00 bits per heavy atom. The van der Waals surface area contributed by atoms with Crippen molar-refractivity contribution in [3.8, 4) is 5.75 Å². The topological polar surface area (TPSA) is 26.3 Å². The van der Waals surface area contributed by atoms with Gasteiger partial charge in [0.15, 0.2) is 6.61 Å². The Morgan fingerprint density at radius 1 is 1.26 bits per heavy atom. The van der Waals surface area contributed by atoms with E-state index in [1.165, 1.54) is 18.2 Å². The van der Waals surface area contributed by atoms with Gasteiger partial charge in [-0.15, -0.1) is 0 Å². The zero-order valence-corrected chi connectivity index (χ0v) is 12.0. The van der Waals surface area contributed by atoms with Crippen LogP contribution in [0.15, 0.2) is 46.9 Å². The van der Waals surface area contributed by atoms with Crippen molar-refractivity contribution in [3.63, 3.8) is 0 Å². The van der Waals surface area contributed by atoms with Crippen molar-refractivity contribution < 1.29 is 13.9 Å². The van der Waals surface area contributed by atoms with Gasteiger partial charge in [0.05, 0.1) is 5.02 Å². The van der Waals surface area contributed by atoms with E-state index in [-0.39, 0.29) is 17.4 Å². The fourth-order valence-electron chi connectivity index (χ4n) is 1.48. The van der Waals surface area contributed by atoms with E-state index < -0.39 is 5.82 Å². The summed E-state index contributed by atoms with van der Waals surface area (Å²) < 4.78 is 19.0. The molecule has 0 spiro atoms. The van der Waals surface area contributed by atoms with Gasteiger partial charge in [0, 0.05) is 16.1 Å². The van der Waals surface area contributed by atoms with Gasteiger partial charge in [-0.1, -0.05) is 45.7 Å². The molecule has 0 aliphatic carbocycles. The first kappa shape index (κ1) is 14.0. The van der Waals surface area contributed by atoms with Crippen molar-refractivity contribution in [2.45, 2.75) is 0 Å². The Labute approximate surface area is 123 Å². The van der Waals surface area contributed by atoms with E-state index in [1.54, 1.807) is 18.2 Å². The molecule has 0 unspecified atom stereocenters. The summed E-state index contributed by atoms with van der Waals surface area (Å²) in [5.74, 6) is -0.342. The predicted octanol–water partition coefficient (Wildman–Crippen LogP) is 4.50. The molecule has 0 saturated carbocycles. The van der Waals surface area contributed by atoms with Crippen LogP contribution in [0.25, 0.3) is 0 Å². The monoisotopic (exact) mass is 342 g/mol. The first-order chi connectivity index (χ1) is 9.08. The second-order valence-electron chi connectivity index (χ2n) is 3.77. The SMILES string of the molecule is O=C(COc1ccc(F)c(Cl)c1)c1ccccc1Br. The van der Waals surface area contributed by atoms with Crippen molar-refractivity contribution in [1.82, 2.24) is 0 Å². The van der Waals surface area contributed by atoms with Gasteiger partial charge in [-0.2, -0.15) is 0 Å². The molecule has 0 N–H and O–H groups in total. The number of carbonyl (C=O) groups is 1. The third-order valence-corrected chi connectivity index (χ3v) is 3.42. The second-order valence-corrected chi connectivity index (χ2v) is 5.03. The molecule has 5 heteroatoms. The number of carbonyl (C=O) groups excluding carboxylic acids is 1. The van der Waals surface area contributed by atoms with Crippen molar-refractivity contribution in [2.75, 3.05) is 6.61 Å². The van der Waals surface area contributed by atoms with E-state index in [2.05, 4.69) is 15.9 Å². The van der Waals surface area contributed by atoms with Crippen LogP contribution in [0.3, 0.4) is 0 Å². The summed E-state index contributed by atoms with van der Waals surface area (Å²) in [5, 5.41) is -0.0363. The molecular weight excluding hydrogens is 335 g/mol. The van der Waals surface area contributed by atoms with Gasteiger partial charge in [-0.3, -0.25) is 4.79 Å². The van der Waals surface area contributed by atoms with E-state index >= 15 is 0 Å². The molecule has 2 aromatic carbocycles. The van der Waals surface area contributed by atoms with Crippen LogP contribution in [0.4, 0.5) is 4.39 Å². The number of Topliss-reactive ketones (excluding diaryl/α,β-unsaturated/α-hetero) is 1. The lowest BCUT2D eigenvalue weighted by Crippen LogP contribution is -2.12. The predicted molar refractivity (Wildman–Crippen MR) is 75.4 cm³/mol. The fourth-order valence-corrected chi connectivity index (χ4v) is 2.16. The van der Waals surface area contributed by atoms with E-state index in [0.717, 1.165) is 0 Å². The number of hydrogen-bond acceptors (Lipinski definition) is 2. The van der Waals surface area contributed by atoms with Crippen molar-refractivity contribution >= 4 is 33.3 Å². The minimum atomic E-state index is -0.522. The second kappa shape index (κ2) is 6.17. The zero-order chi connectivity index (χ0) is 13.8. The molecule has 0 atom stereocenters. The highest BCUT2D eigenvalue weighted by molar-refractivity contribution is 9.10. The minimum absolute atomic E-state index is 0.0363. The highest BCUT2D eigenvalue weighted by Crippen LogP contribution is 2.22. The first-order valence-corrected chi connectivity index (χ1v) is 6.60. The lowest BCUT2D eigenvalue weighted by atomic mass is 10.1. The minimum Gasteiger partial charge on any atom is -0.485 e. The molecule has 0 radical (unpaired) electrons. The molecule has 0 aliphatic heterocycles. The molecule has 0 saturated heterocycles. The summed E-state index contributed by atoms with van der Waals surface area (Å²) in [6.45, 7) is -0.134. The standard InChI is InChI=1S/C14H9BrClFO2/c15-11-4-2-1-3-10(11)14(18)8-19-9-5-6-13(17)12(16)7-9/h1-7H,8H2. The fraction of sp³-hybridized carbons (Fsp3) is 0.0714. The van der Waals surface area contributed by atoms with Gasteiger partial charge in [0.2, 0.25) is 5.78 Å². The number of benzene rings is 2. The van der Waals surface area contributed by atoms with Gasteiger partial charge in [0.25, 0.3) is 0 Å². The Balaban J connectivity index is 2.04. The maximum Gasteiger partial charge on any atom is 0.201 e. The molecule has 2 aromatic rings. The lowest BCUT2D eigenvalue weighted by molar-refractivity contribution is 0.0920. The lowest BCUT2D eigenvalue weighted by Gasteiger charge is -2.07. The maximum atomic E-state index is 13.0. The third kappa shape index (κ3) is 3.55. The maximum absolute atomic E-state index is 13.0. The van der Waals surface area contributed by atoms with Gasteiger partial charge < -0.3 is 4.74 Å². The molecule has 98 valence electrons. The number of rotatable bonds is 4. The van der Waals surface area contributed by atoms with Crippen LogP contribution in [0, 0.1) is 5.82 Å². The number of hydrogen-bond donors (Lipinski definition) is 0. The van der Waals surface area contributed by atoms with E-state index in [4.69, 9.17) is 16.3 Å². The van der Waals surface area contributed by atoms with Crippen LogP contribution in [0.2, 0.25) is 5.02 Å². The normalized spacial score (nSPS) is 10.3. The molecular formula is C14H9BrClFO2. The van der Waals surface area contributed by atoms with Crippen LogP contribution < -0.4 is 4.74 Å². The molecule has 0 aliphatic rings. The van der Waals surface area contributed by atoms with Gasteiger partial charge in [0.1, 0.15) is 11.6 Å².